The first-order valence-electron chi connectivity index (χ1n) is 7.12. The molecule has 22 heavy (non-hydrogen) atoms. The molecule has 0 aliphatic carbocycles. The van der Waals surface area contributed by atoms with E-state index in [1.807, 2.05) is 32.9 Å². The summed E-state index contributed by atoms with van der Waals surface area (Å²) in [7, 11) is 1.58. The van der Waals surface area contributed by atoms with Gasteiger partial charge in [0.15, 0.2) is 6.29 Å². The molecule has 0 fully saturated rings. The van der Waals surface area contributed by atoms with E-state index in [1.165, 1.54) is 0 Å². The summed E-state index contributed by atoms with van der Waals surface area (Å²) in [6.07, 6.45) is 4.73. The van der Waals surface area contributed by atoms with E-state index in [1.54, 1.807) is 25.3 Å². The van der Waals surface area contributed by atoms with Crippen LogP contribution in [0.15, 0.2) is 24.3 Å². The molecule has 120 valence electrons. The van der Waals surface area contributed by atoms with Gasteiger partial charge in [0, 0.05) is 12.1 Å². The molecule has 0 spiro atoms. The number of carbonyl (C=O) groups excluding carboxylic acids is 2. The van der Waals surface area contributed by atoms with E-state index >= 15 is 0 Å². The Hall–Kier alpha value is -2.30. The summed E-state index contributed by atoms with van der Waals surface area (Å²) in [6.45, 7) is 5.91. The standard InChI is InChI=1S/C17H23NO4/c1-17(2,3)22-16(20)18-10-6-5-7-13-11-15(21-4)9-8-14(13)12-19/h5,7-9,11-12H,6,10H2,1-4H3,(H,18,20). The van der Waals surface area contributed by atoms with Crippen LogP contribution in [0.2, 0.25) is 0 Å². The Labute approximate surface area is 131 Å². The Balaban J connectivity index is 2.49. The van der Waals surface area contributed by atoms with Crippen molar-refractivity contribution in [3.63, 3.8) is 0 Å². The Morgan fingerprint density at radius 3 is 2.59 bits per heavy atom. The quantitative estimate of drug-likeness (QED) is 0.646. The molecular formula is C17H23NO4. The Morgan fingerprint density at radius 1 is 1.27 bits per heavy atom. The van der Waals surface area contributed by atoms with Gasteiger partial charge in [0.25, 0.3) is 0 Å². The number of nitrogens with one attached hydrogen (secondary N) is 1. The van der Waals surface area contributed by atoms with Crippen molar-refractivity contribution >= 4 is 18.5 Å². The summed E-state index contributed by atoms with van der Waals surface area (Å²) in [5.74, 6) is 0.692. The maximum absolute atomic E-state index is 11.5. The van der Waals surface area contributed by atoms with Crippen LogP contribution in [0.1, 0.15) is 43.1 Å². The number of carbonyl (C=O) groups is 2. The van der Waals surface area contributed by atoms with E-state index in [-0.39, 0.29) is 0 Å². The van der Waals surface area contributed by atoms with Gasteiger partial charge in [-0.25, -0.2) is 4.79 Å². The lowest BCUT2D eigenvalue weighted by atomic mass is 10.1. The highest BCUT2D eigenvalue weighted by Gasteiger charge is 2.15. The maximum atomic E-state index is 11.5. The van der Waals surface area contributed by atoms with Gasteiger partial charge in [-0.2, -0.15) is 0 Å². The predicted molar refractivity (Wildman–Crippen MR) is 86.3 cm³/mol. The number of ether oxygens (including phenoxy) is 2. The summed E-state index contributed by atoms with van der Waals surface area (Å²) in [4.78, 5) is 22.4. The molecular weight excluding hydrogens is 282 g/mol. The van der Waals surface area contributed by atoms with E-state index in [0.717, 1.165) is 11.8 Å². The van der Waals surface area contributed by atoms with E-state index in [4.69, 9.17) is 9.47 Å². The Kier molecular flexibility index (Phi) is 6.63. The lowest BCUT2D eigenvalue weighted by molar-refractivity contribution is 0.0528. The molecule has 5 nitrogen and oxygen atoms in total. The SMILES string of the molecule is COc1ccc(C=O)c(C=CCCNC(=O)OC(C)(C)C)c1. The highest BCUT2D eigenvalue weighted by Crippen LogP contribution is 2.18. The van der Waals surface area contributed by atoms with Crippen LogP contribution < -0.4 is 10.1 Å². The van der Waals surface area contributed by atoms with Crippen molar-refractivity contribution in [2.45, 2.75) is 32.8 Å². The van der Waals surface area contributed by atoms with Gasteiger partial charge in [0.1, 0.15) is 11.4 Å². The van der Waals surface area contributed by atoms with E-state index in [0.29, 0.717) is 24.3 Å². The van der Waals surface area contributed by atoms with Crippen LogP contribution in [0.3, 0.4) is 0 Å². The number of hydrogen-bond acceptors (Lipinski definition) is 4. The number of aldehydes is 1. The zero-order valence-corrected chi connectivity index (χ0v) is 13.5. The van der Waals surface area contributed by atoms with E-state index in [9.17, 15) is 9.59 Å². The molecule has 0 unspecified atom stereocenters. The lowest BCUT2D eigenvalue weighted by Crippen LogP contribution is -2.32. The molecule has 0 heterocycles. The Morgan fingerprint density at radius 2 is 2.00 bits per heavy atom. The number of hydrogen-bond donors (Lipinski definition) is 1. The number of amides is 1. The maximum Gasteiger partial charge on any atom is 0.407 e. The minimum absolute atomic E-state index is 0.434. The van der Waals surface area contributed by atoms with Gasteiger partial charge in [-0.05, 0) is 51.0 Å². The minimum atomic E-state index is -0.501. The number of alkyl carbamates (subject to hydrolysis) is 1. The fourth-order valence-corrected chi connectivity index (χ4v) is 1.71. The van der Waals surface area contributed by atoms with Gasteiger partial charge in [-0.3, -0.25) is 4.79 Å². The van der Waals surface area contributed by atoms with Crippen molar-refractivity contribution in [2.75, 3.05) is 13.7 Å². The third kappa shape index (κ3) is 6.43. The molecule has 1 aromatic carbocycles. The van der Waals surface area contributed by atoms with E-state index in [2.05, 4.69) is 5.32 Å². The summed E-state index contributed by atoms with van der Waals surface area (Å²) in [6, 6.07) is 5.25. The van der Waals surface area contributed by atoms with Gasteiger partial charge in [-0.1, -0.05) is 12.2 Å². The van der Waals surface area contributed by atoms with Crippen molar-refractivity contribution in [2.24, 2.45) is 0 Å². The fourth-order valence-electron chi connectivity index (χ4n) is 1.71. The molecule has 0 aromatic heterocycles. The molecule has 1 N–H and O–H groups in total. The molecule has 5 heteroatoms. The molecule has 0 atom stereocenters. The lowest BCUT2D eigenvalue weighted by Gasteiger charge is -2.19. The van der Waals surface area contributed by atoms with Gasteiger partial charge in [0.05, 0.1) is 7.11 Å². The second kappa shape index (κ2) is 8.22. The van der Waals surface area contributed by atoms with Crippen molar-refractivity contribution in [1.82, 2.24) is 5.32 Å². The number of rotatable bonds is 6. The third-order valence-corrected chi connectivity index (χ3v) is 2.70. The van der Waals surface area contributed by atoms with Crippen molar-refractivity contribution in [3.05, 3.63) is 35.4 Å². The van der Waals surface area contributed by atoms with Gasteiger partial charge >= 0.3 is 6.09 Å². The zero-order valence-electron chi connectivity index (χ0n) is 13.5. The van der Waals surface area contributed by atoms with Crippen LogP contribution in [0, 0.1) is 0 Å². The van der Waals surface area contributed by atoms with Crippen molar-refractivity contribution in [1.29, 1.82) is 0 Å². The Bertz CT molecular complexity index is 544. The third-order valence-electron chi connectivity index (χ3n) is 2.70. The monoisotopic (exact) mass is 305 g/mol. The summed E-state index contributed by atoms with van der Waals surface area (Å²) in [5, 5.41) is 2.67. The van der Waals surface area contributed by atoms with Crippen LogP contribution in [-0.2, 0) is 4.74 Å². The van der Waals surface area contributed by atoms with E-state index < -0.39 is 11.7 Å². The molecule has 1 amide bonds. The fraction of sp³-hybridized carbons (Fsp3) is 0.412. The normalized spacial score (nSPS) is 11.3. The molecule has 0 bridgehead atoms. The molecule has 1 rings (SSSR count). The summed E-state index contributed by atoms with van der Waals surface area (Å²) >= 11 is 0. The highest BCUT2D eigenvalue weighted by atomic mass is 16.6. The smallest absolute Gasteiger partial charge is 0.407 e. The molecule has 0 saturated heterocycles. The minimum Gasteiger partial charge on any atom is -0.497 e. The van der Waals surface area contributed by atoms with Gasteiger partial charge in [0.2, 0.25) is 0 Å². The molecule has 1 aromatic rings. The predicted octanol–water partition coefficient (Wildman–Crippen LogP) is 3.44. The number of benzene rings is 1. The molecule has 0 aliphatic rings. The van der Waals surface area contributed by atoms with Crippen LogP contribution in [0.25, 0.3) is 6.08 Å². The highest BCUT2D eigenvalue weighted by molar-refractivity contribution is 5.82. The average Bonchev–Trinajstić information content (AvgIpc) is 2.44. The van der Waals surface area contributed by atoms with Crippen molar-refractivity contribution in [3.8, 4) is 5.75 Å². The molecule has 0 saturated carbocycles. The largest absolute Gasteiger partial charge is 0.497 e. The topological polar surface area (TPSA) is 64.6 Å². The van der Waals surface area contributed by atoms with Gasteiger partial charge < -0.3 is 14.8 Å². The average molecular weight is 305 g/mol. The van der Waals surface area contributed by atoms with Crippen molar-refractivity contribution < 1.29 is 19.1 Å². The summed E-state index contributed by atoms with van der Waals surface area (Å²) < 4.78 is 10.3. The second-order valence-electron chi connectivity index (χ2n) is 5.73. The first-order chi connectivity index (χ1) is 10.4. The second-order valence-corrected chi connectivity index (χ2v) is 5.73. The van der Waals surface area contributed by atoms with Gasteiger partial charge in [-0.15, -0.1) is 0 Å². The molecule has 0 radical (unpaired) electrons. The summed E-state index contributed by atoms with van der Waals surface area (Å²) in [5.41, 5.74) is 0.878. The number of methoxy groups -OCH3 is 1. The van der Waals surface area contributed by atoms with Crippen LogP contribution in [0.4, 0.5) is 4.79 Å². The first kappa shape index (κ1) is 17.8. The van der Waals surface area contributed by atoms with Crippen LogP contribution in [-0.4, -0.2) is 31.6 Å². The van der Waals surface area contributed by atoms with Crippen LogP contribution in [0.5, 0.6) is 5.75 Å². The molecule has 0 aliphatic heterocycles. The first-order valence-corrected chi connectivity index (χ1v) is 7.12. The van der Waals surface area contributed by atoms with Crippen LogP contribution >= 0.6 is 0 Å². The zero-order chi connectivity index (χ0) is 16.6.